The fourth-order valence-electron chi connectivity index (χ4n) is 3.94. The molecule has 0 saturated heterocycles. The van der Waals surface area contributed by atoms with Crippen molar-refractivity contribution in [3.8, 4) is 11.5 Å². The van der Waals surface area contributed by atoms with Crippen LogP contribution >= 0.6 is 22.9 Å². The number of rotatable bonds is 6. The highest BCUT2D eigenvalue weighted by Gasteiger charge is 2.45. The minimum Gasteiger partial charge on any atom is -0.503 e. The summed E-state index contributed by atoms with van der Waals surface area (Å²) in [5.41, 5.74) is 1.06. The first-order chi connectivity index (χ1) is 16.2. The average molecular weight is 503 g/mol. The van der Waals surface area contributed by atoms with Crippen LogP contribution in [0.25, 0.3) is 0 Å². The Hall–Kier alpha value is -3.43. The number of carbonyl (C=O) groups is 2. The van der Waals surface area contributed by atoms with E-state index in [0.29, 0.717) is 32.6 Å². The highest BCUT2D eigenvalue weighted by Crippen LogP contribution is 2.45. The van der Waals surface area contributed by atoms with Gasteiger partial charge in [0.15, 0.2) is 17.3 Å². The van der Waals surface area contributed by atoms with E-state index in [9.17, 15) is 19.1 Å². The Kier molecular flexibility index (Phi) is 6.33. The Bertz CT molecular complexity index is 1350. The van der Waals surface area contributed by atoms with Gasteiger partial charge in [-0.2, -0.15) is 0 Å². The number of anilines is 1. The van der Waals surface area contributed by atoms with Gasteiger partial charge in [-0.25, -0.2) is 9.37 Å². The molecule has 10 heteroatoms. The highest BCUT2D eigenvalue weighted by molar-refractivity contribution is 7.14. The lowest BCUT2D eigenvalue weighted by Gasteiger charge is -2.27. The lowest BCUT2D eigenvalue weighted by molar-refractivity contribution is -0.117. The summed E-state index contributed by atoms with van der Waals surface area (Å²) in [4.78, 5) is 32.7. The van der Waals surface area contributed by atoms with Gasteiger partial charge in [0, 0.05) is 5.69 Å². The summed E-state index contributed by atoms with van der Waals surface area (Å²) < 4.78 is 24.5. The highest BCUT2D eigenvalue weighted by atomic mass is 35.5. The van der Waals surface area contributed by atoms with E-state index >= 15 is 0 Å². The van der Waals surface area contributed by atoms with E-state index in [1.165, 1.54) is 42.6 Å². The molecule has 0 bridgehead atoms. The van der Waals surface area contributed by atoms with E-state index in [-0.39, 0.29) is 16.3 Å². The predicted molar refractivity (Wildman–Crippen MR) is 127 cm³/mol. The van der Waals surface area contributed by atoms with Crippen LogP contribution in [0.15, 0.2) is 47.7 Å². The molecule has 1 aliphatic heterocycles. The van der Waals surface area contributed by atoms with Crippen molar-refractivity contribution in [3.63, 3.8) is 0 Å². The molecule has 0 radical (unpaired) electrons. The maximum atomic E-state index is 13.8. The van der Waals surface area contributed by atoms with Crippen LogP contribution in [0.4, 0.5) is 10.1 Å². The largest absolute Gasteiger partial charge is 0.503 e. The number of amides is 1. The van der Waals surface area contributed by atoms with Crippen LogP contribution in [0.3, 0.4) is 0 Å². The Morgan fingerprint density at radius 1 is 1.15 bits per heavy atom. The second kappa shape index (κ2) is 9.08. The van der Waals surface area contributed by atoms with Crippen molar-refractivity contribution in [1.29, 1.82) is 0 Å². The second-order valence-corrected chi connectivity index (χ2v) is 9.14. The molecule has 1 N–H and O–H groups in total. The molecule has 3 aromatic rings. The molecule has 1 atom stereocenters. The number of aryl methyl sites for hydroxylation is 2. The summed E-state index contributed by atoms with van der Waals surface area (Å²) in [6, 6.07) is 7.61. The van der Waals surface area contributed by atoms with Gasteiger partial charge in [0.05, 0.1) is 46.4 Å². The van der Waals surface area contributed by atoms with Crippen molar-refractivity contribution in [3.05, 3.63) is 79.7 Å². The van der Waals surface area contributed by atoms with Gasteiger partial charge >= 0.3 is 0 Å². The molecule has 7 nitrogen and oxygen atoms in total. The number of hydrogen-bond acceptors (Lipinski definition) is 7. The quantitative estimate of drug-likeness (QED) is 0.457. The second-order valence-electron chi connectivity index (χ2n) is 7.53. The van der Waals surface area contributed by atoms with Gasteiger partial charge in [0.1, 0.15) is 5.82 Å². The number of carbonyl (C=O) groups excluding carboxylic acids is 2. The third kappa shape index (κ3) is 3.91. The van der Waals surface area contributed by atoms with Crippen LogP contribution in [0.2, 0.25) is 5.02 Å². The van der Waals surface area contributed by atoms with Crippen LogP contribution < -0.4 is 14.4 Å². The van der Waals surface area contributed by atoms with Crippen LogP contribution in [-0.2, 0) is 4.79 Å². The molecule has 2 heterocycles. The van der Waals surface area contributed by atoms with E-state index in [1.54, 1.807) is 32.0 Å². The van der Waals surface area contributed by atoms with Crippen molar-refractivity contribution < 1.29 is 28.6 Å². The monoisotopic (exact) mass is 502 g/mol. The Morgan fingerprint density at radius 2 is 1.85 bits per heavy atom. The zero-order valence-corrected chi connectivity index (χ0v) is 20.3. The number of aromatic nitrogens is 1. The molecule has 1 unspecified atom stereocenters. The number of benzene rings is 2. The molecule has 0 saturated carbocycles. The first kappa shape index (κ1) is 23.7. The maximum absolute atomic E-state index is 13.8. The molecule has 2 aromatic carbocycles. The first-order valence-electron chi connectivity index (χ1n) is 10.1. The van der Waals surface area contributed by atoms with Gasteiger partial charge in [0.25, 0.3) is 5.91 Å². The third-order valence-corrected chi connectivity index (χ3v) is 6.83. The van der Waals surface area contributed by atoms with E-state index in [2.05, 4.69) is 4.98 Å². The Labute approximate surface area is 204 Å². The lowest BCUT2D eigenvalue weighted by Crippen LogP contribution is -2.31. The van der Waals surface area contributed by atoms with Crippen LogP contribution in [0.5, 0.6) is 11.5 Å². The van der Waals surface area contributed by atoms with E-state index in [4.69, 9.17) is 21.1 Å². The fourth-order valence-corrected chi connectivity index (χ4v) is 4.99. The summed E-state index contributed by atoms with van der Waals surface area (Å²) in [6.45, 7) is 3.45. The molecular weight excluding hydrogens is 483 g/mol. The molecular formula is C24H20ClFN2O5S. The van der Waals surface area contributed by atoms with Crippen molar-refractivity contribution in [2.75, 3.05) is 19.1 Å². The minimum absolute atomic E-state index is 0.121. The van der Waals surface area contributed by atoms with E-state index < -0.39 is 29.3 Å². The van der Waals surface area contributed by atoms with Crippen molar-refractivity contribution >= 4 is 40.3 Å². The topological polar surface area (TPSA) is 89.0 Å². The maximum Gasteiger partial charge on any atom is 0.294 e. The lowest BCUT2D eigenvalue weighted by atomic mass is 9.94. The fraction of sp³-hybridized carbons (Fsp3) is 0.208. The molecule has 0 spiro atoms. The van der Waals surface area contributed by atoms with Crippen molar-refractivity contribution in [2.45, 2.75) is 19.9 Å². The van der Waals surface area contributed by atoms with Crippen LogP contribution in [-0.4, -0.2) is 36.0 Å². The summed E-state index contributed by atoms with van der Waals surface area (Å²) in [7, 11) is 2.95. The SMILES string of the molecule is COc1ccc(C2C(C(=O)c3sc(C)nc3C)=C(O)C(=O)N2c2ccc(F)c(Cl)c2)cc1OC. The number of methoxy groups -OCH3 is 2. The summed E-state index contributed by atoms with van der Waals surface area (Å²) in [5.74, 6) is -1.89. The van der Waals surface area contributed by atoms with Gasteiger partial charge < -0.3 is 14.6 Å². The predicted octanol–water partition coefficient (Wildman–Crippen LogP) is 5.35. The van der Waals surface area contributed by atoms with Gasteiger partial charge in [-0.15, -0.1) is 11.3 Å². The number of nitrogens with zero attached hydrogens (tertiary/aromatic N) is 2. The Balaban J connectivity index is 1.93. The molecule has 1 aliphatic rings. The zero-order chi connectivity index (χ0) is 24.7. The minimum atomic E-state index is -1.04. The molecule has 0 fully saturated rings. The van der Waals surface area contributed by atoms with Gasteiger partial charge in [-0.05, 0) is 49.7 Å². The Morgan fingerprint density at radius 3 is 2.44 bits per heavy atom. The number of aliphatic hydroxyl groups excluding tert-OH is 1. The number of ketones is 1. The van der Waals surface area contributed by atoms with Crippen LogP contribution in [0.1, 0.15) is 32.0 Å². The van der Waals surface area contributed by atoms with E-state index in [1.807, 2.05) is 0 Å². The summed E-state index contributed by atoms with van der Waals surface area (Å²) in [5, 5.41) is 11.4. The molecule has 4 rings (SSSR count). The number of halogens is 2. The standard InChI is InChI=1S/C24H20ClFN2O5S/c1-11-23(34-12(2)27-11)21(29)19-20(13-5-8-17(32-3)18(9-13)33-4)28(24(31)22(19)30)14-6-7-16(26)15(25)10-14/h5-10,20,30H,1-4H3. The molecule has 1 amide bonds. The van der Waals surface area contributed by atoms with Gasteiger partial charge in [-0.1, -0.05) is 17.7 Å². The normalized spacial score (nSPS) is 15.8. The van der Waals surface area contributed by atoms with Crippen molar-refractivity contribution in [2.24, 2.45) is 0 Å². The molecule has 0 aliphatic carbocycles. The van der Waals surface area contributed by atoms with Crippen LogP contribution in [0, 0.1) is 19.7 Å². The third-order valence-electron chi connectivity index (χ3n) is 5.47. The van der Waals surface area contributed by atoms with E-state index in [0.717, 1.165) is 6.07 Å². The van der Waals surface area contributed by atoms with Gasteiger partial charge in [-0.3, -0.25) is 14.5 Å². The smallest absolute Gasteiger partial charge is 0.294 e. The number of Topliss-reactive ketones (excluding diaryl/α,β-unsaturated/α-hetero) is 1. The first-order valence-corrected chi connectivity index (χ1v) is 11.3. The van der Waals surface area contributed by atoms with Gasteiger partial charge in [0.2, 0.25) is 5.78 Å². The average Bonchev–Trinajstić information content (AvgIpc) is 3.29. The summed E-state index contributed by atoms with van der Waals surface area (Å²) >= 11 is 7.15. The number of hydrogen-bond donors (Lipinski definition) is 1. The zero-order valence-electron chi connectivity index (χ0n) is 18.7. The molecule has 1 aromatic heterocycles. The number of aliphatic hydroxyl groups is 1. The molecule has 176 valence electrons. The van der Waals surface area contributed by atoms with Crippen molar-refractivity contribution in [1.82, 2.24) is 4.98 Å². The number of thiazole rings is 1. The summed E-state index contributed by atoms with van der Waals surface area (Å²) in [6.07, 6.45) is 0. The number of ether oxygens (including phenoxy) is 2. The molecule has 34 heavy (non-hydrogen) atoms.